The zero-order valence-electron chi connectivity index (χ0n) is 13.0. The Labute approximate surface area is 122 Å². The lowest BCUT2D eigenvalue weighted by Crippen LogP contribution is -2.38. The fraction of sp³-hybridized carbons (Fsp3) is 0.765. The van der Waals surface area contributed by atoms with E-state index in [4.69, 9.17) is 4.42 Å². The first-order valence-electron chi connectivity index (χ1n) is 8.19. The molecule has 20 heavy (non-hydrogen) atoms. The van der Waals surface area contributed by atoms with E-state index in [1.54, 1.807) is 0 Å². The number of furan rings is 1. The molecular weight excluding hydrogens is 248 g/mol. The van der Waals surface area contributed by atoms with Gasteiger partial charge in [-0.1, -0.05) is 20.3 Å². The summed E-state index contributed by atoms with van der Waals surface area (Å²) in [6, 6.07) is 2.89. The fourth-order valence-electron chi connectivity index (χ4n) is 3.01. The summed E-state index contributed by atoms with van der Waals surface area (Å²) in [7, 11) is 0. The number of nitrogens with one attached hydrogen (secondary N) is 1. The lowest BCUT2D eigenvalue weighted by atomic mass is 9.78. The maximum absolute atomic E-state index is 5.72. The molecule has 1 aromatic heterocycles. The van der Waals surface area contributed by atoms with Crippen molar-refractivity contribution >= 4 is 0 Å². The third kappa shape index (κ3) is 3.44. The summed E-state index contributed by atoms with van der Waals surface area (Å²) in [6.07, 6.45) is 8.47. The van der Waals surface area contributed by atoms with E-state index in [1.807, 2.05) is 6.26 Å². The topological polar surface area (TPSA) is 28.4 Å². The van der Waals surface area contributed by atoms with Gasteiger partial charge in [-0.25, -0.2) is 0 Å². The van der Waals surface area contributed by atoms with Crippen molar-refractivity contribution in [3.8, 4) is 0 Å². The fourth-order valence-corrected chi connectivity index (χ4v) is 3.01. The summed E-state index contributed by atoms with van der Waals surface area (Å²) in [5.41, 5.74) is 1.91. The summed E-state index contributed by atoms with van der Waals surface area (Å²) >= 11 is 0. The quantitative estimate of drug-likeness (QED) is 0.861. The number of likely N-dealkylation sites (tertiary alicyclic amines) is 1. The summed E-state index contributed by atoms with van der Waals surface area (Å²) in [5, 5.41) is 3.58. The second-order valence-corrected chi connectivity index (χ2v) is 6.96. The van der Waals surface area contributed by atoms with E-state index in [-0.39, 0.29) is 0 Å². The van der Waals surface area contributed by atoms with E-state index in [2.05, 4.69) is 30.1 Å². The van der Waals surface area contributed by atoms with Gasteiger partial charge in [0.25, 0.3) is 0 Å². The van der Waals surface area contributed by atoms with Crippen LogP contribution in [0.4, 0.5) is 0 Å². The molecule has 2 aliphatic rings. The molecule has 0 spiro atoms. The average Bonchev–Trinajstić information content (AvgIpc) is 3.19. The number of rotatable bonds is 6. The van der Waals surface area contributed by atoms with Crippen molar-refractivity contribution < 1.29 is 4.42 Å². The molecule has 3 nitrogen and oxygen atoms in total. The van der Waals surface area contributed by atoms with Gasteiger partial charge >= 0.3 is 0 Å². The third-order valence-electron chi connectivity index (χ3n) is 5.28. The van der Waals surface area contributed by atoms with Gasteiger partial charge in [0.2, 0.25) is 0 Å². The van der Waals surface area contributed by atoms with Crippen LogP contribution in [-0.4, -0.2) is 24.0 Å². The van der Waals surface area contributed by atoms with Crippen molar-refractivity contribution in [2.75, 3.05) is 13.1 Å². The van der Waals surface area contributed by atoms with Gasteiger partial charge in [-0.3, -0.25) is 4.90 Å². The molecule has 3 heteroatoms. The average molecular weight is 276 g/mol. The van der Waals surface area contributed by atoms with Crippen LogP contribution in [-0.2, 0) is 13.1 Å². The van der Waals surface area contributed by atoms with Gasteiger partial charge in [0.05, 0.1) is 12.8 Å². The van der Waals surface area contributed by atoms with Crippen molar-refractivity contribution in [1.29, 1.82) is 0 Å². The Balaban J connectivity index is 1.51. The standard InChI is InChI=1S/C17H28N2O/c1-3-17(2)7-9-19(10-8-17)13-16-14(6-11-20-16)12-18-15-4-5-15/h6,11,15,18H,3-5,7-10,12-13H2,1-2H3. The van der Waals surface area contributed by atoms with Crippen molar-refractivity contribution in [2.45, 2.75) is 65.1 Å². The van der Waals surface area contributed by atoms with E-state index < -0.39 is 0 Å². The molecule has 0 bridgehead atoms. The molecule has 1 aliphatic heterocycles. The number of nitrogens with zero attached hydrogens (tertiary/aromatic N) is 1. The molecule has 1 N–H and O–H groups in total. The Morgan fingerprint density at radius 3 is 2.75 bits per heavy atom. The van der Waals surface area contributed by atoms with Gasteiger partial charge in [-0.2, -0.15) is 0 Å². The zero-order valence-corrected chi connectivity index (χ0v) is 13.0. The zero-order chi connectivity index (χ0) is 14.0. The molecular formula is C17H28N2O. The lowest BCUT2D eigenvalue weighted by Gasteiger charge is -2.38. The Bertz CT molecular complexity index is 428. The number of piperidine rings is 1. The molecule has 0 aromatic carbocycles. The first-order chi connectivity index (χ1) is 9.68. The Morgan fingerprint density at radius 1 is 1.35 bits per heavy atom. The van der Waals surface area contributed by atoms with Crippen molar-refractivity contribution in [1.82, 2.24) is 10.2 Å². The van der Waals surface area contributed by atoms with Gasteiger partial charge < -0.3 is 9.73 Å². The predicted octanol–water partition coefficient (Wildman–Crippen LogP) is 3.54. The maximum atomic E-state index is 5.72. The van der Waals surface area contributed by atoms with Gasteiger partial charge in [0.1, 0.15) is 5.76 Å². The highest BCUT2D eigenvalue weighted by atomic mass is 16.3. The number of hydrogen-bond donors (Lipinski definition) is 1. The molecule has 0 unspecified atom stereocenters. The molecule has 0 atom stereocenters. The van der Waals surface area contributed by atoms with E-state index in [1.165, 1.54) is 56.5 Å². The van der Waals surface area contributed by atoms with E-state index in [9.17, 15) is 0 Å². The van der Waals surface area contributed by atoms with Gasteiger partial charge in [-0.15, -0.1) is 0 Å². The highest BCUT2D eigenvalue weighted by Gasteiger charge is 2.29. The van der Waals surface area contributed by atoms with Crippen LogP contribution in [0.25, 0.3) is 0 Å². The monoisotopic (exact) mass is 276 g/mol. The van der Waals surface area contributed by atoms with E-state index in [0.29, 0.717) is 5.41 Å². The predicted molar refractivity (Wildman–Crippen MR) is 81.5 cm³/mol. The summed E-state index contributed by atoms with van der Waals surface area (Å²) in [5.74, 6) is 1.17. The van der Waals surface area contributed by atoms with E-state index >= 15 is 0 Å². The minimum atomic E-state index is 0.565. The van der Waals surface area contributed by atoms with Crippen LogP contribution in [0.5, 0.6) is 0 Å². The van der Waals surface area contributed by atoms with Gasteiger partial charge in [0.15, 0.2) is 0 Å². The molecule has 1 saturated carbocycles. The summed E-state index contributed by atoms with van der Waals surface area (Å²) in [4.78, 5) is 2.55. The van der Waals surface area contributed by atoms with Crippen LogP contribution >= 0.6 is 0 Å². The Hall–Kier alpha value is -0.800. The lowest BCUT2D eigenvalue weighted by molar-refractivity contribution is 0.104. The summed E-state index contributed by atoms with van der Waals surface area (Å²) in [6.45, 7) is 9.12. The molecule has 112 valence electrons. The molecule has 2 fully saturated rings. The molecule has 1 aromatic rings. The Kier molecular flexibility index (Phi) is 4.18. The normalized spacial score (nSPS) is 23.1. The second-order valence-electron chi connectivity index (χ2n) is 6.96. The van der Waals surface area contributed by atoms with E-state index in [0.717, 1.165) is 19.1 Å². The second kappa shape index (κ2) is 5.90. The molecule has 1 saturated heterocycles. The third-order valence-corrected chi connectivity index (χ3v) is 5.28. The first-order valence-corrected chi connectivity index (χ1v) is 8.19. The van der Waals surface area contributed by atoms with Crippen LogP contribution in [0.1, 0.15) is 57.3 Å². The van der Waals surface area contributed by atoms with Gasteiger partial charge in [-0.05, 0) is 50.3 Å². The Morgan fingerprint density at radius 2 is 2.10 bits per heavy atom. The van der Waals surface area contributed by atoms with Gasteiger partial charge in [0, 0.05) is 18.2 Å². The van der Waals surface area contributed by atoms with Crippen LogP contribution < -0.4 is 5.32 Å². The molecule has 0 amide bonds. The highest BCUT2D eigenvalue weighted by molar-refractivity contribution is 5.17. The number of hydrogen-bond acceptors (Lipinski definition) is 3. The molecule has 3 rings (SSSR count). The van der Waals surface area contributed by atoms with Crippen LogP contribution in [0, 0.1) is 5.41 Å². The maximum Gasteiger partial charge on any atom is 0.122 e. The van der Waals surface area contributed by atoms with Crippen LogP contribution in [0.3, 0.4) is 0 Å². The van der Waals surface area contributed by atoms with Crippen molar-refractivity contribution in [3.63, 3.8) is 0 Å². The minimum Gasteiger partial charge on any atom is -0.468 e. The van der Waals surface area contributed by atoms with Crippen molar-refractivity contribution in [2.24, 2.45) is 5.41 Å². The first kappa shape index (κ1) is 14.2. The van der Waals surface area contributed by atoms with Crippen LogP contribution in [0.2, 0.25) is 0 Å². The molecule has 0 radical (unpaired) electrons. The highest BCUT2D eigenvalue weighted by Crippen LogP contribution is 2.34. The van der Waals surface area contributed by atoms with Crippen molar-refractivity contribution in [3.05, 3.63) is 23.7 Å². The van der Waals surface area contributed by atoms with Crippen LogP contribution in [0.15, 0.2) is 16.7 Å². The largest absolute Gasteiger partial charge is 0.468 e. The molecule has 2 heterocycles. The summed E-state index contributed by atoms with van der Waals surface area (Å²) < 4.78 is 5.72. The SMILES string of the molecule is CCC1(C)CCN(Cc2occc2CNC2CC2)CC1. The smallest absolute Gasteiger partial charge is 0.122 e. The minimum absolute atomic E-state index is 0.565. The molecule has 1 aliphatic carbocycles.